The average Bonchev–Trinajstić information content (AvgIpc) is 2.23. The number of halogens is 1. The third kappa shape index (κ3) is 2.67. The third-order valence-electron chi connectivity index (χ3n) is 2.97. The highest BCUT2D eigenvalue weighted by atomic mass is 35.5. The largest absolute Gasteiger partial charge is 0.496 e. The summed E-state index contributed by atoms with van der Waals surface area (Å²) < 4.78 is 5.50. The standard InChI is InChI=1S/C13H19ClOS/c1-8(5-6-16)12-10(3)11(14)7-9(2)13(12)15-4/h7-8,16H,5-6H2,1-4H3. The van der Waals surface area contributed by atoms with Crippen LogP contribution in [0.2, 0.25) is 5.02 Å². The lowest BCUT2D eigenvalue weighted by atomic mass is 9.91. The Hall–Kier alpha value is -0.340. The lowest BCUT2D eigenvalue weighted by molar-refractivity contribution is 0.402. The van der Waals surface area contributed by atoms with Crippen molar-refractivity contribution in [3.63, 3.8) is 0 Å². The molecule has 1 nitrogen and oxygen atoms in total. The van der Waals surface area contributed by atoms with Crippen molar-refractivity contribution in [2.45, 2.75) is 33.1 Å². The van der Waals surface area contributed by atoms with Crippen LogP contribution in [0, 0.1) is 13.8 Å². The first kappa shape index (κ1) is 13.7. The SMILES string of the molecule is COc1c(C)cc(Cl)c(C)c1C(C)CCS. The molecule has 0 aliphatic heterocycles. The van der Waals surface area contributed by atoms with Gasteiger partial charge in [0.05, 0.1) is 7.11 Å². The van der Waals surface area contributed by atoms with Crippen LogP contribution in [0.5, 0.6) is 5.75 Å². The van der Waals surface area contributed by atoms with E-state index in [1.165, 1.54) is 5.56 Å². The normalized spacial score (nSPS) is 12.6. The molecule has 1 unspecified atom stereocenters. The maximum atomic E-state index is 6.22. The zero-order valence-corrected chi connectivity index (χ0v) is 12.0. The molecule has 0 aliphatic carbocycles. The zero-order chi connectivity index (χ0) is 12.3. The molecule has 1 rings (SSSR count). The van der Waals surface area contributed by atoms with Crippen molar-refractivity contribution < 1.29 is 4.74 Å². The second-order valence-electron chi connectivity index (χ2n) is 4.16. The summed E-state index contributed by atoms with van der Waals surface area (Å²) in [6, 6.07) is 1.96. The Morgan fingerprint density at radius 3 is 2.56 bits per heavy atom. The number of thiol groups is 1. The second kappa shape index (κ2) is 5.83. The van der Waals surface area contributed by atoms with Gasteiger partial charge in [-0.15, -0.1) is 0 Å². The van der Waals surface area contributed by atoms with Crippen molar-refractivity contribution in [3.8, 4) is 5.75 Å². The smallest absolute Gasteiger partial charge is 0.125 e. The number of benzene rings is 1. The molecule has 1 aromatic rings. The minimum Gasteiger partial charge on any atom is -0.496 e. The number of hydrogen-bond donors (Lipinski definition) is 1. The van der Waals surface area contributed by atoms with E-state index in [2.05, 4.69) is 26.5 Å². The van der Waals surface area contributed by atoms with Crippen molar-refractivity contribution >= 4 is 24.2 Å². The fraction of sp³-hybridized carbons (Fsp3) is 0.538. The van der Waals surface area contributed by atoms with Crippen molar-refractivity contribution in [2.24, 2.45) is 0 Å². The lowest BCUT2D eigenvalue weighted by Crippen LogP contribution is -2.03. The fourth-order valence-corrected chi connectivity index (χ4v) is 2.73. The van der Waals surface area contributed by atoms with Gasteiger partial charge in [-0.05, 0) is 49.1 Å². The molecule has 0 saturated heterocycles. The Balaban J connectivity index is 3.32. The summed E-state index contributed by atoms with van der Waals surface area (Å²) in [4.78, 5) is 0. The third-order valence-corrected chi connectivity index (χ3v) is 3.62. The molecule has 0 radical (unpaired) electrons. The first-order chi connectivity index (χ1) is 7.52. The molecular formula is C13H19ClOS. The number of methoxy groups -OCH3 is 1. The Bertz CT molecular complexity index is 377. The monoisotopic (exact) mass is 258 g/mol. The van der Waals surface area contributed by atoms with Crippen LogP contribution in [0.15, 0.2) is 6.07 Å². The van der Waals surface area contributed by atoms with Crippen molar-refractivity contribution in [2.75, 3.05) is 12.9 Å². The van der Waals surface area contributed by atoms with Gasteiger partial charge in [-0.1, -0.05) is 18.5 Å². The van der Waals surface area contributed by atoms with Crippen molar-refractivity contribution in [1.29, 1.82) is 0 Å². The van der Waals surface area contributed by atoms with Crippen LogP contribution in [-0.2, 0) is 0 Å². The molecule has 1 aromatic carbocycles. The van der Waals surface area contributed by atoms with Crippen molar-refractivity contribution in [3.05, 3.63) is 27.8 Å². The van der Waals surface area contributed by atoms with Crippen LogP contribution in [0.1, 0.15) is 36.0 Å². The molecule has 0 amide bonds. The number of hydrogen-bond acceptors (Lipinski definition) is 2. The van der Waals surface area contributed by atoms with Crippen LogP contribution >= 0.6 is 24.2 Å². The van der Waals surface area contributed by atoms with Crippen LogP contribution in [0.4, 0.5) is 0 Å². The number of ether oxygens (including phenoxy) is 1. The average molecular weight is 259 g/mol. The van der Waals surface area contributed by atoms with E-state index >= 15 is 0 Å². The minimum absolute atomic E-state index is 0.421. The summed E-state index contributed by atoms with van der Waals surface area (Å²) in [6.07, 6.45) is 1.03. The van der Waals surface area contributed by atoms with E-state index in [-0.39, 0.29) is 0 Å². The Kier molecular flexibility index (Phi) is 5.00. The Labute approximate surface area is 109 Å². The molecule has 1 atom stereocenters. The summed E-state index contributed by atoms with van der Waals surface area (Å²) in [5.74, 6) is 2.26. The molecule has 0 saturated carbocycles. The van der Waals surface area contributed by atoms with Crippen LogP contribution in [0.3, 0.4) is 0 Å². The predicted octanol–water partition coefficient (Wildman–Crippen LogP) is 4.39. The van der Waals surface area contributed by atoms with Gasteiger partial charge in [0, 0.05) is 10.6 Å². The molecule has 0 bridgehead atoms. The molecule has 3 heteroatoms. The highest BCUT2D eigenvalue weighted by Crippen LogP contribution is 2.38. The highest BCUT2D eigenvalue weighted by molar-refractivity contribution is 7.80. The van der Waals surface area contributed by atoms with Crippen LogP contribution in [0.25, 0.3) is 0 Å². The molecule has 0 aliphatic rings. The summed E-state index contributed by atoms with van der Waals surface area (Å²) in [6.45, 7) is 6.27. The summed E-state index contributed by atoms with van der Waals surface area (Å²) >= 11 is 10.5. The number of rotatable bonds is 4. The van der Waals surface area contributed by atoms with E-state index in [9.17, 15) is 0 Å². The van der Waals surface area contributed by atoms with E-state index in [1.807, 2.05) is 13.0 Å². The molecule has 0 spiro atoms. The fourth-order valence-electron chi connectivity index (χ4n) is 2.08. The van der Waals surface area contributed by atoms with Gasteiger partial charge in [-0.2, -0.15) is 12.6 Å². The molecule has 0 heterocycles. The molecule has 90 valence electrons. The quantitative estimate of drug-likeness (QED) is 0.788. The van der Waals surface area contributed by atoms with E-state index in [0.29, 0.717) is 5.92 Å². The van der Waals surface area contributed by atoms with Gasteiger partial charge in [-0.25, -0.2) is 0 Å². The summed E-state index contributed by atoms with van der Waals surface area (Å²) in [5, 5.41) is 0.819. The Morgan fingerprint density at radius 1 is 1.44 bits per heavy atom. The maximum Gasteiger partial charge on any atom is 0.125 e. The van der Waals surface area contributed by atoms with Gasteiger partial charge >= 0.3 is 0 Å². The van der Waals surface area contributed by atoms with E-state index in [1.54, 1.807) is 7.11 Å². The predicted molar refractivity (Wildman–Crippen MR) is 74.4 cm³/mol. The van der Waals surface area contributed by atoms with Gasteiger partial charge in [-0.3, -0.25) is 0 Å². The molecule has 0 aromatic heterocycles. The summed E-state index contributed by atoms with van der Waals surface area (Å²) in [7, 11) is 1.71. The minimum atomic E-state index is 0.421. The van der Waals surface area contributed by atoms with Gasteiger partial charge in [0.15, 0.2) is 0 Å². The van der Waals surface area contributed by atoms with Gasteiger partial charge < -0.3 is 4.74 Å². The lowest BCUT2D eigenvalue weighted by Gasteiger charge is -2.20. The van der Waals surface area contributed by atoms with E-state index in [4.69, 9.17) is 16.3 Å². The molecular weight excluding hydrogens is 240 g/mol. The van der Waals surface area contributed by atoms with Crippen LogP contribution in [-0.4, -0.2) is 12.9 Å². The molecule has 16 heavy (non-hydrogen) atoms. The molecule has 0 N–H and O–H groups in total. The first-order valence-corrected chi connectivity index (χ1v) is 6.48. The highest BCUT2D eigenvalue weighted by Gasteiger charge is 2.18. The zero-order valence-electron chi connectivity index (χ0n) is 10.3. The summed E-state index contributed by atoms with van der Waals surface area (Å²) in [5.41, 5.74) is 3.44. The van der Waals surface area contributed by atoms with E-state index in [0.717, 1.165) is 34.1 Å². The maximum absolute atomic E-state index is 6.22. The van der Waals surface area contributed by atoms with Crippen LogP contribution < -0.4 is 4.74 Å². The Morgan fingerprint density at radius 2 is 2.06 bits per heavy atom. The molecule has 0 fully saturated rings. The van der Waals surface area contributed by atoms with Crippen molar-refractivity contribution in [1.82, 2.24) is 0 Å². The van der Waals surface area contributed by atoms with Gasteiger partial charge in [0.1, 0.15) is 5.75 Å². The first-order valence-electron chi connectivity index (χ1n) is 5.47. The number of aryl methyl sites for hydroxylation is 1. The second-order valence-corrected chi connectivity index (χ2v) is 5.01. The van der Waals surface area contributed by atoms with E-state index < -0.39 is 0 Å². The van der Waals surface area contributed by atoms with Gasteiger partial charge in [0.25, 0.3) is 0 Å². The van der Waals surface area contributed by atoms with Gasteiger partial charge in [0.2, 0.25) is 0 Å². The topological polar surface area (TPSA) is 9.23 Å².